The molecule has 0 spiro atoms. The molecule has 32 heavy (non-hydrogen) atoms. The molecule has 4 N–H and O–H groups in total. The highest BCUT2D eigenvalue weighted by Gasteiger charge is 2.25. The van der Waals surface area contributed by atoms with Gasteiger partial charge in [-0.1, -0.05) is 18.2 Å². The SMILES string of the molecule is O=C(NC[C@@H]1CCCO1)Nc1ccc(NC(=O)C2=NCC(=O)N(c3ccccc3)N2)cc1. The second kappa shape index (κ2) is 9.92. The first-order valence-corrected chi connectivity index (χ1v) is 10.4. The number of amidine groups is 1. The predicted molar refractivity (Wildman–Crippen MR) is 120 cm³/mol. The third-order valence-electron chi connectivity index (χ3n) is 4.98. The molecule has 0 saturated carbocycles. The van der Waals surface area contributed by atoms with Gasteiger partial charge >= 0.3 is 6.03 Å². The molecule has 0 aromatic heterocycles. The smallest absolute Gasteiger partial charge is 0.319 e. The lowest BCUT2D eigenvalue weighted by atomic mass is 10.2. The number of aliphatic imine (C=N–C) groups is 1. The number of ether oxygens (including phenoxy) is 1. The lowest BCUT2D eigenvalue weighted by Crippen LogP contribution is -2.54. The summed E-state index contributed by atoms with van der Waals surface area (Å²) in [5.41, 5.74) is 4.48. The van der Waals surface area contributed by atoms with Crippen molar-refractivity contribution in [3.8, 4) is 0 Å². The van der Waals surface area contributed by atoms with E-state index >= 15 is 0 Å². The summed E-state index contributed by atoms with van der Waals surface area (Å²) < 4.78 is 5.47. The minimum absolute atomic E-state index is 0.0316. The number of benzene rings is 2. The standard InChI is InChI=1S/C22H24N6O4/c29-19-14-23-20(27-28(19)17-5-2-1-3-6-17)21(30)25-15-8-10-16(11-9-15)26-22(31)24-13-18-7-4-12-32-18/h1-3,5-6,8-11,18H,4,7,12-14H2,(H,23,27)(H,25,30)(H2,24,26,31)/t18-/m0/s1. The van der Waals surface area contributed by atoms with Crippen LogP contribution in [0.4, 0.5) is 21.9 Å². The third kappa shape index (κ3) is 5.41. The quantitative estimate of drug-likeness (QED) is 0.550. The van der Waals surface area contributed by atoms with Crippen molar-refractivity contribution >= 4 is 40.7 Å². The summed E-state index contributed by atoms with van der Waals surface area (Å²) >= 11 is 0. The number of nitrogens with one attached hydrogen (secondary N) is 4. The van der Waals surface area contributed by atoms with Crippen molar-refractivity contribution in [1.29, 1.82) is 0 Å². The summed E-state index contributed by atoms with van der Waals surface area (Å²) in [6.45, 7) is 1.08. The number of hydrogen-bond donors (Lipinski definition) is 4. The molecule has 2 aromatic carbocycles. The fourth-order valence-electron chi connectivity index (χ4n) is 3.34. The number of hydrogen-bond acceptors (Lipinski definition) is 6. The van der Waals surface area contributed by atoms with Gasteiger partial charge in [-0.2, -0.15) is 0 Å². The van der Waals surface area contributed by atoms with Crippen LogP contribution in [0.1, 0.15) is 12.8 Å². The maximum absolute atomic E-state index is 12.6. The molecule has 1 atom stereocenters. The number of nitrogens with zero attached hydrogens (tertiary/aromatic N) is 2. The zero-order chi connectivity index (χ0) is 22.3. The van der Waals surface area contributed by atoms with Crippen LogP contribution in [0.5, 0.6) is 0 Å². The van der Waals surface area contributed by atoms with E-state index in [1.807, 2.05) is 6.07 Å². The normalized spacial score (nSPS) is 17.9. The highest BCUT2D eigenvalue weighted by Crippen LogP contribution is 2.16. The first kappa shape index (κ1) is 21.3. The van der Waals surface area contributed by atoms with Crippen LogP contribution < -0.4 is 26.4 Å². The number of para-hydroxylation sites is 1. The zero-order valence-electron chi connectivity index (χ0n) is 17.3. The second-order valence-electron chi connectivity index (χ2n) is 7.34. The van der Waals surface area contributed by atoms with Crippen molar-refractivity contribution in [2.24, 2.45) is 4.99 Å². The van der Waals surface area contributed by atoms with Crippen LogP contribution in [0.15, 0.2) is 59.6 Å². The molecule has 2 heterocycles. The molecule has 4 amide bonds. The first-order chi connectivity index (χ1) is 15.6. The molecular weight excluding hydrogens is 412 g/mol. The van der Waals surface area contributed by atoms with E-state index < -0.39 is 5.91 Å². The molecular formula is C22H24N6O4. The number of hydrazine groups is 1. The van der Waals surface area contributed by atoms with E-state index in [0.717, 1.165) is 19.4 Å². The molecule has 4 rings (SSSR count). The van der Waals surface area contributed by atoms with E-state index in [4.69, 9.17) is 4.74 Å². The fourth-order valence-corrected chi connectivity index (χ4v) is 3.34. The molecule has 166 valence electrons. The summed E-state index contributed by atoms with van der Waals surface area (Å²) in [5.74, 6) is -0.710. The van der Waals surface area contributed by atoms with Gasteiger partial charge in [-0.3, -0.25) is 20.0 Å². The second-order valence-corrected chi connectivity index (χ2v) is 7.34. The Bertz CT molecular complexity index is 1000. The van der Waals surface area contributed by atoms with E-state index in [1.165, 1.54) is 5.01 Å². The Morgan fingerprint density at radius 1 is 1.06 bits per heavy atom. The van der Waals surface area contributed by atoms with Gasteiger partial charge in [0.1, 0.15) is 6.54 Å². The Morgan fingerprint density at radius 3 is 2.47 bits per heavy atom. The summed E-state index contributed by atoms with van der Waals surface area (Å²) in [4.78, 5) is 40.8. The largest absolute Gasteiger partial charge is 0.376 e. The van der Waals surface area contributed by atoms with Crippen LogP contribution in [-0.2, 0) is 14.3 Å². The average Bonchev–Trinajstić information content (AvgIpc) is 3.34. The lowest BCUT2D eigenvalue weighted by molar-refractivity contribution is -0.118. The van der Waals surface area contributed by atoms with Gasteiger partial charge in [-0.15, -0.1) is 0 Å². The van der Waals surface area contributed by atoms with Gasteiger partial charge in [0.15, 0.2) is 0 Å². The number of carbonyl (C=O) groups excluding carboxylic acids is 3. The zero-order valence-corrected chi connectivity index (χ0v) is 17.3. The van der Waals surface area contributed by atoms with Crippen molar-refractivity contribution in [2.75, 3.05) is 35.3 Å². The minimum Gasteiger partial charge on any atom is -0.376 e. The van der Waals surface area contributed by atoms with Gasteiger partial charge in [-0.05, 0) is 49.2 Å². The maximum Gasteiger partial charge on any atom is 0.319 e. The summed E-state index contributed by atoms with van der Waals surface area (Å²) in [6, 6.07) is 15.3. The molecule has 2 aromatic rings. The monoisotopic (exact) mass is 436 g/mol. The Morgan fingerprint density at radius 2 is 1.78 bits per heavy atom. The van der Waals surface area contributed by atoms with Gasteiger partial charge in [-0.25, -0.2) is 9.80 Å². The molecule has 2 aliphatic rings. The van der Waals surface area contributed by atoms with Crippen LogP contribution in [0.3, 0.4) is 0 Å². The van der Waals surface area contributed by atoms with Crippen LogP contribution in [0, 0.1) is 0 Å². The topological polar surface area (TPSA) is 124 Å². The fraction of sp³-hybridized carbons (Fsp3) is 0.273. The molecule has 0 aliphatic carbocycles. The molecule has 0 bridgehead atoms. The molecule has 1 saturated heterocycles. The lowest BCUT2D eigenvalue weighted by Gasteiger charge is -2.27. The molecule has 0 unspecified atom stereocenters. The van der Waals surface area contributed by atoms with Gasteiger partial charge in [0.25, 0.3) is 11.8 Å². The summed E-state index contributed by atoms with van der Waals surface area (Å²) in [5, 5.41) is 9.55. The predicted octanol–water partition coefficient (Wildman–Crippen LogP) is 1.88. The Labute approximate surface area is 185 Å². The summed E-state index contributed by atoms with van der Waals surface area (Å²) in [6.07, 6.45) is 2.04. The third-order valence-corrected chi connectivity index (χ3v) is 4.98. The Hall–Kier alpha value is -3.92. The van der Waals surface area contributed by atoms with E-state index in [9.17, 15) is 14.4 Å². The van der Waals surface area contributed by atoms with Crippen LogP contribution in [-0.4, -0.2) is 49.5 Å². The van der Waals surface area contributed by atoms with Crippen LogP contribution >= 0.6 is 0 Å². The highest BCUT2D eigenvalue weighted by atomic mass is 16.5. The Balaban J connectivity index is 1.29. The van der Waals surface area contributed by atoms with Crippen molar-refractivity contribution in [3.63, 3.8) is 0 Å². The van der Waals surface area contributed by atoms with E-state index in [1.54, 1.807) is 48.5 Å². The maximum atomic E-state index is 12.6. The number of rotatable bonds is 6. The van der Waals surface area contributed by atoms with Crippen molar-refractivity contribution in [2.45, 2.75) is 18.9 Å². The van der Waals surface area contributed by atoms with Gasteiger partial charge in [0.2, 0.25) is 5.84 Å². The van der Waals surface area contributed by atoms with Crippen molar-refractivity contribution < 1.29 is 19.1 Å². The van der Waals surface area contributed by atoms with Gasteiger partial charge < -0.3 is 20.7 Å². The molecule has 2 aliphatic heterocycles. The van der Waals surface area contributed by atoms with E-state index in [2.05, 4.69) is 26.4 Å². The number of urea groups is 1. The van der Waals surface area contributed by atoms with Crippen molar-refractivity contribution in [1.82, 2.24) is 10.7 Å². The molecule has 10 nitrogen and oxygen atoms in total. The molecule has 10 heteroatoms. The minimum atomic E-state index is -0.478. The number of carbonyl (C=O) groups is 3. The average molecular weight is 436 g/mol. The Kier molecular flexibility index (Phi) is 6.61. The summed E-state index contributed by atoms with van der Waals surface area (Å²) in [7, 11) is 0. The van der Waals surface area contributed by atoms with E-state index in [0.29, 0.717) is 23.6 Å². The van der Waals surface area contributed by atoms with Gasteiger partial charge in [0.05, 0.1) is 11.8 Å². The molecule has 0 radical (unpaired) electrons. The van der Waals surface area contributed by atoms with Crippen molar-refractivity contribution in [3.05, 3.63) is 54.6 Å². The first-order valence-electron chi connectivity index (χ1n) is 10.4. The van der Waals surface area contributed by atoms with E-state index in [-0.39, 0.29) is 30.4 Å². The number of anilines is 3. The van der Waals surface area contributed by atoms with Crippen LogP contribution in [0.25, 0.3) is 0 Å². The highest BCUT2D eigenvalue weighted by molar-refractivity contribution is 6.43. The van der Waals surface area contributed by atoms with Crippen LogP contribution in [0.2, 0.25) is 0 Å². The molecule has 1 fully saturated rings. The van der Waals surface area contributed by atoms with Gasteiger partial charge in [0, 0.05) is 24.5 Å². The number of amides is 4.